The number of nitrogens with two attached hydrogens (primary N) is 1. The van der Waals surface area contributed by atoms with Gasteiger partial charge in [0.15, 0.2) is 5.96 Å². The average Bonchev–Trinajstić information content (AvgIpc) is 2.61. The van der Waals surface area contributed by atoms with Crippen LogP contribution < -0.4 is 11.1 Å². The summed E-state index contributed by atoms with van der Waals surface area (Å²) in [7, 11) is 0. The minimum absolute atomic E-state index is 0.210. The molecule has 0 radical (unpaired) electrons. The number of carbonyl (C=O) groups is 1. The molecule has 150 valence electrons. The third-order valence-electron chi connectivity index (χ3n) is 4.55. The third-order valence-corrected chi connectivity index (χ3v) is 4.55. The first kappa shape index (κ1) is 21.1. The van der Waals surface area contributed by atoms with Gasteiger partial charge < -0.3 is 20.7 Å². The standard InChI is InChI=1S/C21H34N4O2/c1-21(2,3)27-20(26)25-15-7-10-18(16-25)12-14-24-19(22)23-13-11-17-8-5-4-6-9-17/h4-6,8-9,18H,7,10-16H2,1-3H3,(H3,22,23,24). The SMILES string of the molecule is CC(C)(C)OC(=O)N1CCCC(CCN=C(N)NCCc2ccccc2)C1. The molecule has 1 heterocycles. The van der Waals surface area contributed by atoms with Crippen molar-refractivity contribution in [1.29, 1.82) is 0 Å². The summed E-state index contributed by atoms with van der Waals surface area (Å²) in [6.45, 7) is 8.66. The van der Waals surface area contributed by atoms with Crippen LogP contribution in [0.4, 0.5) is 4.79 Å². The smallest absolute Gasteiger partial charge is 0.410 e. The largest absolute Gasteiger partial charge is 0.444 e. The van der Waals surface area contributed by atoms with Crippen LogP contribution in [0.15, 0.2) is 35.3 Å². The number of aliphatic imine (C=N–C) groups is 1. The Morgan fingerprint density at radius 1 is 1.33 bits per heavy atom. The highest BCUT2D eigenvalue weighted by molar-refractivity contribution is 5.77. The zero-order valence-electron chi connectivity index (χ0n) is 16.9. The molecule has 6 nitrogen and oxygen atoms in total. The average molecular weight is 375 g/mol. The number of ether oxygens (including phenoxy) is 1. The van der Waals surface area contributed by atoms with Crippen molar-refractivity contribution in [2.75, 3.05) is 26.2 Å². The van der Waals surface area contributed by atoms with Crippen LogP contribution in [0.3, 0.4) is 0 Å². The fourth-order valence-electron chi connectivity index (χ4n) is 3.20. The van der Waals surface area contributed by atoms with E-state index in [9.17, 15) is 4.79 Å². The number of amides is 1. The van der Waals surface area contributed by atoms with Gasteiger partial charge in [-0.15, -0.1) is 0 Å². The van der Waals surface area contributed by atoms with Crippen molar-refractivity contribution >= 4 is 12.1 Å². The monoisotopic (exact) mass is 374 g/mol. The van der Waals surface area contributed by atoms with Crippen LogP contribution in [-0.2, 0) is 11.2 Å². The number of rotatable bonds is 6. The number of nitrogens with one attached hydrogen (secondary N) is 1. The highest BCUT2D eigenvalue weighted by Gasteiger charge is 2.27. The maximum absolute atomic E-state index is 12.2. The molecule has 1 aromatic carbocycles. The molecule has 1 unspecified atom stereocenters. The number of benzene rings is 1. The molecule has 1 aliphatic heterocycles. The Bertz CT molecular complexity index is 610. The van der Waals surface area contributed by atoms with E-state index in [1.54, 1.807) is 0 Å². The van der Waals surface area contributed by atoms with E-state index in [2.05, 4.69) is 22.4 Å². The molecule has 1 aliphatic rings. The van der Waals surface area contributed by atoms with E-state index in [-0.39, 0.29) is 6.09 Å². The number of likely N-dealkylation sites (tertiary alicyclic amines) is 1. The van der Waals surface area contributed by atoms with Crippen molar-refractivity contribution < 1.29 is 9.53 Å². The van der Waals surface area contributed by atoms with Crippen LogP contribution in [0.1, 0.15) is 45.6 Å². The van der Waals surface area contributed by atoms with Gasteiger partial charge in [0.25, 0.3) is 0 Å². The minimum Gasteiger partial charge on any atom is -0.444 e. The van der Waals surface area contributed by atoms with Gasteiger partial charge in [0, 0.05) is 26.2 Å². The molecule has 0 aliphatic carbocycles. The van der Waals surface area contributed by atoms with Gasteiger partial charge >= 0.3 is 6.09 Å². The molecule has 27 heavy (non-hydrogen) atoms. The molecule has 6 heteroatoms. The summed E-state index contributed by atoms with van der Waals surface area (Å²) in [5.41, 5.74) is 6.78. The Kier molecular flexibility index (Phi) is 7.95. The number of hydrogen-bond donors (Lipinski definition) is 2. The van der Waals surface area contributed by atoms with Gasteiger partial charge in [-0.05, 0) is 57.9 Å². The Hall–Kier alpha value is -2.24. The molecule has 3 N–H and O–H groups in total. The van der Waals surface area contributed by atoms with Crippen LogP contribution in [0.2, 0.25) is 0 Å². The topological polar surface area (TPSA) is 80.0 Å². The first-order valence-electron chi connectivity index (χ1n) is 9.89. The molecule has 0 saturated carbocycles. The Balaban J connectivity index is 1.67. The van der Waals surface area contributed by atoms with Crippen molar-refractivity contribution in [3.05, 3.63) is 35.9 Å². The molecule has 1 saturated heterocycles. The predicted octanol–water partition coefficient (Wildman–Crippen LogP) is 3.17. The predicted molar refractivity (Wildman–Crippen MR) is 110 cm³/mol. The minimum atomic E-state index is -0.450. The summed E-state index contributed by atoms with van der Waals surface area (Å²) in [5, 5.41) is 3.16. The highest BCUT2D eigenvalue weighted by Crippen LogP contribution is 2.21. The lowest BCUT2D eigenvalue weighted by molar-refractivity contribution is 0.0163. The van der Waals surface area contributed by atoms with Crippen LogP contribution in [0, 0.1) is 5.92 Å². The maximum Gasteiger partial charge on any atom is 0.410 e. The third kappa shape index (κ3) is 8.33. The maximum atomic E-state index is 12.2. The van der Waals surface area contributed by atoms with E-state index in [1.807, 2.05) is 43.9 Å². The van der Waals surface area contributed by atoms with Gasteiger partial charge in [0.1, 0.15) is 5.60 Å². The molecule has 2 rings (SSSR count). The van der Waals surface area contributed by atoms with Crippen molar-refractivity contribution in [2.45, 2.75) is 52.1 Å². The van der Waals surface area contributed by atoms with Crippen molar-refractivity contribution in [3.63, 3.8) is 0 Å². The van der Waals surface area contributed by atoms with Crippen molar-refractivity contribution in [2.24, 2.45) is 16.6 Å². The summed E-state index contributed by atoms with van der Waals surface area (Å²) in [6, 6.07) is 10.3. The Labute approximate surface area is 163 Å². The van der Waals surface area contributed by atoms with Crippen LogP contribution >= 0.6 is 0 Å². The quantitative estimate of drug-likeness (QED) is 0.592. The lowest BCUT2D eigenvalue weighted by Crippen LogP contribution is -2.43. The van der Waals surface area contributed by atoms with Gasteiger partial charge in [-0.1, -0.05) is 30.3 Å². The molecular weight excluding hydrogens is 340 g/mol. The summed E-state index contributed by atoms with van der Waals surface area (Å²) >= 11 is 0. The lowest BCUT2D eigenvalue weighted by Gasteiger charge is -2.34. The molecule has 1 amide bonds. The number of piperidine rings is 1. The first-order chi connectivity index (χ1) is 12.8. The highest BCUT2D eigenvalue weighted by atomic mass is 16.6. The lowest BCUT2D eigenvalue weighted by atomic mass is 9.95. The first-order valence-corrected chi connectivity index (χ1v) is 9.89. The molecular formula is C21H34N4O2. The van der Waals surface area contributed by atoms with Crippen molar-refractivity contribution in [3.8, 4) is 0 Å². The second-order valence-corrected chi connectivity index (χ2v) is 8.15. The molecule has 1 atom stereocenters. The van der Waals surface area contributed by atoms with Crippen LogP contribution in [0.5, 0.6) is 0 Å². The van der Waals surface area contributed by atoms with Crippen LogP contribution in [0.25, 0.3) is 0 Å². The molecule has 0 bridgehead atoms. The van der Waals surface area contributed by atoms with E-state index < -0.39 is 5.60 Å². The van der Waals surface area contributed by atoms with Gasteiger partial charge in [-0.25, -0.2) is 4.79 Å². The number of guanidine groups is 1. The molecule has 0 aromatic heterocycles. The van der Waals surface area contributed by atoms with Crippen molar-refractivity contribution in [1.82, 2.24) is 10.2 Å². The van der Waals surface area contributed by atoms with E-state index >= 15 is 0 Å². The summed E-state index contributed by atoms with van der Waals surface area (Å²) < 4.78 is 5.48. The van der Waals surface area contributed by atoms with E-state index in [1.165, 1.54) is 5.56 Å². The van der Waals surface area contributed by atoms with Gasteiger partial charge in [-0.3, -0.25) is 4.99 Å². The van der Waals surface area contributed by atoms with E-state index in [4.69, 9.17) is 10.5 Å². The Morgan fingerprint density at radius 2 is 2.07 bits per heavy atom. The number of carbonyl (C=O) groups excluding carboxylic acids is 1. The Morgan fingerprint density at radius 3 is 2.78 bits per heavy atom. The molecule has 1 fully saturated rings. The fraction of sp³-hybridized carbons (Fsp3) is 0.619. The summed E-state index contributed by atoms with van der Waals surface area (Å²) in [5.74, 6) is 0.942. The second-order valence-electron chi connectivity index (χ2n) is 8.15. The van der Waals surface area contributed by atoms with E-state index in [0.717, 1.165) is 45.3 Å². The second kappa shape index (κ2) is 10.2. The zero-order chi connectivity index (χ0) is 19.7. The fourth-order valence-corrected chi connectivity index (χ4v) is 3.20. The molecule has 1 aromatic rings. The summed E-state index contributed by atoms with van der Waals surface area (Å²) in [6.07, 6.45) is 3.78. The summed E-state index contributed by atoms with van der Waals surface area (Å²) in [4.78, 5) is 18.5. The number of nitrogens with zero attached hydrogens (tertiary/aromatic N) is 2. The van der Waals surface area contributed by atoms with Gasteiger partial charge in [-0.2, -0.15) is 0 Å². The molecule has 0 spiro atoms. The van der Waals surface area contributed by atoms with Gasteiger partial charge in [0.05, 0.1) is 0 Å². The van der Waals surface area contributed by atoms with E-state index in [0.29, 0.717) is 18.4 Å². The zero-order valence-corrected chi connectivity index (χ0v) is 16.9. The normalized spacial score (nSPS) is 18.3. The van der Waals surface area contributed by atoms with Gasteiger partial charge in [0.2, 0.25) is 0 Å². The van der Waals surface area contributed by atoms with Crippen LogP contribution in [-0.4, -0.2) is 48.7 Å². The number of hydrogen-bond acceptors (Lipinski definition) is 3.